The van der Waals surface area contributed by atoms with Crippen molar-refractivity contribution >= 4 is 10.4 Å². The maximum Gasteiger partial charge on any atom is 0.0973 e. The second-order valence-corrected chi connectivity index (χ2v) is 8.58. The van der Waals surface area contributed by atoms with Gasteiger partial charge in [-0.25, -0.2) is 0 Å². The molecule has 0 N–H and O–H groups in total. The summed E-state index contributed by atoms with van der Waals surface area (Å²) in [6.07, 6.45) is 10.4. The summed E-state index contributed by atoms with van der Waals surface area (Å²) in [6, 6.07) is 1.36. The van der Waals surface area contributed by atoms with Gasteiger partial charge in [-0.05, 0) is 51.0 Å². The Morgan fingerprint density at radius 3 is 1.00 bits per heavy atom. The van der Waals surface area contributed by atoms with Crippen LogP contribution in [-0.4, -0.2) is 78.8 Å². The fraction of sp³-hybridized carbons (Fsp3) is 0.636. The van der Waals surface area contributed by atoms with E-state index in [9.17, 15) is 0 Å². The summed E-state index contributed by atoms with van der Waals surface area (Å²) in [5.41, 5.74) is 0. The third kappa shape index (κ3) is 17.3. The Hall–Kier alpha value is -1.25. The first-order valence-corrected chi connectivity index (χ1v) is 11.3. The third-order valence-electron chi connectivity index (χ3n) is 5.49. The largest absolute Gasteiger partial charge is 0.759 e. The van der Waals surface area contributed by atoms with Crippen molar-refractivity contribution in [3.05, 3.63) is 50.6 Å². The Kier molecular flexibility index (Phi) is 18.5. The summed E-state index contributed by atoms with van der Waals surface area (Å²) in [6.45, 7) is 28.3. The zero-order chi connectivity index (χ0) is 23.7. The molecule has 0 fully saturated rings. The number of rotatable bonds is 12. The zero-order valence-corrected chi connectivity index (χ0v) is 20.3. The van der Waals surface area contributed by atoms with Crippen molar-refractivity contribution in [3.63, 3.8) is 0 Å². The molecule has 7 heteroatoms. The second kappa shape index (κ2) is 16.5. The van der Waals surface area contributed by atoms with Crippen molar-refractivity contribution in [2.24, 2.45) is 0 Å². The standard InChI is InChI=1S/2C11H22N.H2O4S/c2*1-6-9-12(5,10-7-2)11(4)8-3;1-5(2,3)4/h2*6-7,11H,1-2,8-10H2,3-5H3;(H2,1,2,3,4)/q2*+1;/p-2. The summed E-state index contributed by atoms with van der Waals surface area (Å²) in [5.74, 6) is 0. The fourth-order valence-corrected chi connectivity index (χ4v) is 2.93. The molecule has 0 spiro atoms. The highest BCUT2D eigenvalue weighted by molar-refractivity contribution is 7.79. The van der Waals surface area contributed by atoms with E-state index in [-0.39, 0.29) is 0 Å². The quantitative estimate of drug-likeness (QED) is 0.203. The van der Waals surface area contributed by atoms with Gasteiger partial charge in [0.1, 0.15) is 0 Å². The first kappa shape index (κ1) is 32.4. The molecule has 6 nitrogen and oxygen atoms in total. The highest BCUT2D eigenvalue weighted by atomic mass is 32.3. The van der Waals surface area contributed by atoms with Crippen LogP contribution in [0.15, 0.2) is 50.6 Å². The van der Waals surface area contributed by atoms with Crippen molar-refractivity contribution in [3.8, 4) is 0 Å². The smallest absolute Gasteiger partial charge is 0.0973 e. The lowest BCUT2D eigenvalue weighted by Gasteiger charge is -2.38. The number of nitrogens with zero attached hydrogens (tertiary/aromatic N) is 2. The van der Waals surface area contributed by atoms with Crippen molar-refractivity contribution in [1.82, 2.24) is 0 Å². The van der Waals surface area contributed by atoms with Crippen molar-refractivity contribution < 1.29 is 26.5 Å². The van der Waals surface area contributed by atoms with Crippen LogP contribution in [-0.2, 0) is 10.4 Å². The predicted molar refractivity (Wildman–Crippen MR) is 123 cm³/mol. The Morgan fingerprint density at radius 2 is 0.897 bits per heavy atom. The molecule has 0 radical (unpaired) electrons. The van der Waals surface area contributed by atoms with Crippen LogP contribution >= 0.6 is 0 Å². The van der Waals surface area contributed by atoms with E-state index in [1.165, 1.54) is 12.8 Å². The number of quaternary nitrogens is 2. The van der Waals surface area contributed by atoms with Crippen LogP contribution in [0.2, 0.25) is 0 Å². The predicted octanol–water partition coefficient (Wildman–Crippen LogP) is 3.87. The van der Waals surface area contributed by atoms with Gasteiger partial charge in [-0.2, -0.15) is 0 Å². The maximum absolute atomic E-state index is 8.52. The van der Waals surface area contributed by atoms with E-state index in [1.807, 2.05) is 24.3 Å². The second-order valence-electron chi connectivity index (χ2n) is 7.77. The van der Waals surface area contributed by atoms with Gasteiger partial charge in [0.05, 0.1) is 52.4 Å². The molecule has 0 aromatic rings. The lowest BCUT2D eigenvalue weighted by Crippen LogP contribution is -2.50. The zero-order valence-electron chi connectivity index (χ0n) is 19.5. The first-order chi connectivity index (χ1) is 13.2. The van der Waals surface area contributed by atoms with Gasteiger partial charge in [-0.1, -0.05) is 40.2 Å². The Balaban J connectivity index is -0.000000380. The van der Waals surface area contributed by atoms with Gasteiger partial charge in [0.2, 0.25) is 0 Å². The molecule has 0 aromatic carbocycles. The van der Waals surface area contributed by atoms with E-state index < -0.39 is 10.4 Å². The van der Waals surface area contributed by atoms with Gasteiger partial charge in [0, 0.05) is 10.4 Å². The average molecular weight is 433 g/mol. The minimum Gasteiger partial charge on any atom is -0.759 e. The van der Waals surface area contributed by atoms with Crippen LogP contribution in [0.25, 0.3) is 0 Å². The maximum atomic E-state index is 8.52. The molecule has 0 aliphatic heterocycles. The molecule has 0 saturated heterocycles. The monoisotopic (exact) mass is 432 g/mol. The van der Waals surface area contributed by atoms with Crippen molar-refractivity contribution in [2.75, 3.05) is 40.3 Å². The molecule has 0 amide bonds. The van der Waals surface area contributed by atoms with E-state index in [1.54, 1.807) is 0 Å². The molecular formula is C22H44N2O4S. The van der Waals surface area contributed by atoms with E-state index >= 15 is 0 Å². The van der Waals surface area contributed by atoms with E-state index in [4.69, 9.17) is 17.5 Å². The molecule has 0 aromatic heterocycles. The Morgan fingerprint density at radius 1 is 0.724 bits per heavy atom. The van der Waals surface area contributed by atoms with Crippen LogP contribution in [0.3, 0.4) is 0 Å². The van der Waals surface area contributed by atoms with E-state index in [2.05, 4.69) is 68.1 Å². The third-order valence-corrected chi connectivity index (χ3v) is 5.49. The lowest BCUT2D eigenvalue weighted by atomic mass is 10.1. The Bertz CT molecular complexity index is 509. The minimum atomic E-state index is -5.17. The van der Waals surface area contributed by atoms with Crippen LogP contribution in [0.1, 0.15) is 40.5 Å². The molecule has 2 atom stereocenters. The highest BCUT2D eigenvalue weighted by Crippen LogP contribution is 2.14. The van der Waals surface area contributed by atoms with Gasteiger partial charge in [0.25, 0.3) is 0 Å². The number of likely N-dealkylation sites (N-methyl/N-ethyl adjacent to an activating group) is 2. The van der Waals surface area contributed by atoms with Crippen LogP contribution in [0, 0.1) is 0 Å². The first-order valence-electron chi connectivity index (χ1n) is 9.99. The summed E-state index contributed by atoms with van der Waals surface area (Å²) < 4.78 is 36.1. The van der Waals surface area contributed by atoms with Crippen molar-refractivity contribution in [1.29, 1.82) is 0 Å². The topological polar surface area (TPSA) is 80.3 Å². The molecule has 29 heavy (non-hydrogen) atoms. The highest BCUT2D eigenvalue weighted by Gasteiger charge is 2.25. The van der Waals surface area contributed by atoms with Crippen molar-refractivity contribution in [2.45, 2.75) is 52.6 Å². The van der Waals surface area contributed by atoms with Gasteiger partial charge in [0.15, 0.2) is 0 Å². The molecule has 2 unspecified atom stereocenters. The van der Waals surface area contributed by atoms with Gasteiger partial charge >= 0.3 is 0 Å². The summed E-state index contributed by atoms with van der Waals surface area (Å²) >= 11 is 0. The van der Waals surface area contributed by atoms with Crippen LogP contribution in [0.4, 0.5) is 0 Å². The molecule has 172 valence electrons. The lowest BCUT2D eigenvalue weighted by molar-refractivity contribution is -0.921. The summed E-state index contributed by atoms with van der Waals surface area (Å²) in [7, 11) is -0.644. The van der Waals surface area contributed by atoms with E-state index in [0.29, 0.717) is 12.1 Å². The SMILES string of the molecule is C=CC[N+](C)(CC=C)C(C)CC.C=CC[N+](C)(CC=C)C(C)CC.O=S(=O)([O-])[O-]. The van der Waals surface area contributed by atoms with Gasteiger partial charge in [-0.3, -0.25) is 8.42 Å². The van der Waals surface area contributed by atoms with Crippen LogP contribution < -0.4 is 0 Å². The molecule has 0 saturated carbocycles. The molecule has 0 heterocycles. The van der Waals surface area contributed by atoms with Gasteiger partial charge < -0.3 is 18.1 Å². The van der Waals surface area contributed by atoms with Gasteiger partial charge in [-0.15, -0.1) is 0 Å². The molecule has 0 bridgehead atoms. The average Bonchev–Trinajstić information content (AvgIpc) is 2.60. The molecule has 0 aliphatic carbocycles. The summed E-state index contributed by atoms with van der Waals surface area (Å²) in [4.78, 5) is 0. The molecular weight excluding hydrogens is 388 g/mol. The minimum absolute atomic E-state index is 0.681. The number of hydrogen-bond acceptors (Lipinski definition) is 4. The Labute approximate surface area is 180 Å². The molecule has 0 aliphatic rings. The number of hydrogen-bond donors (Lipinski definition) is 0. The summed E-state index contributed by atoms with van der Waals surface area (Å²) in [5, 5.41) is 0. The fourth-order valence-electron chi connectivity index (χ4n) is 2.93. The molecule has 0 rings (SSSR count). The normalized spacial score (nSPS) is 13.5. The van der Waals surface area contributed by atoms with E-state index in [0.717, 1.165) is 35.1 Å². The van der Waals surface area contributed by atoms with Crippen LogP contribution in [0.5, 0.6) is 0 Å².